The largest absolute Gasteiger partial charge is 0.490 e. The van der Waals surface area contributed by atoms with Crippen molar-refractivity contribution in [3.8, 4) is 5.75 Å². The predicted molar refractivity (Wildman–Crippen MR) is 104 cm³/mol. The lowest BCUT2D eigenvalue weighted by molar-refractivity contribution is 0.106. The summed E-state index contributed by atoms with van der Waals surface area (Å²) in [7, 11) is 0. The molecule has 0 saturated heterocycles. The fraction of sp³-hybridized carbons (Fsp3) is 0.474. The van der Waals surface area contributed by atoms with Crippen molar-refractivity contribution in [2.75, 3.05) is 19.7 Å². The molecule has 1 heterocycles. The molecule has 1 aromatic carbocycles. The smallest absolute Gasteiger partial charge is 0.140 e. The summed E-state index contributed by atoms with van der Waals surface area (Å²) in [6.07, 6.45) is 6.93. The number of aliphatic hydroxyl groups is 1. The molecule has 1 unspecified atom stereocenters. The van der Waals surface area contributed by atoms with Gasteiger partial charge in [-0.3, -0.25) is 0 Å². The maximum atomic E-state index is 10.0. The number of nitrogens with one attached hydrogen (secondary N) is 1. The lowest BCUT2D eigenvalue weighted by Gasteiger charge is -2.14. The number of hydrogen-bond acceptors (Lipinski definition) is 6. The lowest BCUT2D eigenvalue weighted by Crippen LogP contribution is -2.32. The zero-order valence-corrected chi connectivity index (χ0v) is 15.8. The summed E-state index contributed by atoms with van der Waals surface area (Å²) in [4.78, 5) is 0. The van der Waals surface area contributed by atoms with Gasteiger partial charge in [0.2, 0.25) is 0 Å². The molecular weight excluding hydrogens is 334 g/mol. The third-order valence-corrected chi connectivity index (χ3v) is 4.44. The molecule has 1 atom stereocenters. The van der Waals surface area contributed by atoms with Gasteiger partial charge in [-0.05, 0) is 38.1 Å². The Bertz CT molecular complexity index is 658. The van der Waals surface area contributed by atoms with Crippen molar-refractivity contribution < 1.29 is 9.84 Å². The highest BCUT2D eigenvalue weighted by Gasteiger charge is 2.07. The summed E-state index contributed by atoms with van der Waals surface area (Å²) < 4.78 is 5.80. The highest BCUT2D eigenvalue weighted by atomic mass is 32.1. The number of para-hydroxylation sites is 1. The number of ether oxygens (including phenoxy) is 1. The lowest BCUT2D eigenvalue weighted by atomic mass is 10.2. The van der Waals surface area contributed by atoms with Gasteiger partial charge in [0.1, 0.15) is 28.5 Å². The number of aryl methyl sites for hydroxylation is 1. The molecule has 0 fully saturated rings. The van der Waals surface area contributed by atoms with Crippen LogP contribution in [-0.2, 0) is 0 Å². The van der Waals surface area contributed by atoms with Crippen LogP contribution in [0.3, 0.4) is 0 Å². The molecule has 0 aliphatic rings. The molecule has 0 bridgehead atoms. The monoisotopic (exact) mass is 361 g/mol. The minimum atomic E-state index is -0.524. The van der Waals surface area contributed by atoms with Crippen molar-refractivity contribution in [1.29, 1.82) is 0 Å². The van der Waals surface area contributed by atoms with Crippen LogP contribution < -0.4 is 10.1 Å². The predicted octanol–water partition coefficient (Wildman–Crippen LogP) is 3.54. The minimum absolute atomic E-state index is 0.267. The van der Waals surface area contributed by atoms with Crippen LogP contribution in [0.15, 0.2) is 24.3 Å². The molecule has 5 nitrogen and oxygen atoms in total. The zero-order valence-electron chi connectivity index (χ0n) is 14.9. The van der Waals surface area contributed by atoms with E-state index in [1.54, 1.807) is 11.3 Å². The average Bonchev–Trinajstić information content (AvgIpc) is 3.04. The van der Waals surface area contributed by atoms with Crippen LogP contribution in [-0.4, -0.2) is 41.1 Å². The van der Waals surface area contributed by atoms with E-state index in [9.17, 15) is 5.11 Å². The first-order valence-corrected chi connectivity index (χ1v) is 9.59. The topological polar surface area (TPSA) is 67.3 Å². The van der Waals surface area contributed by atoms with Crippen LogP contribution in [0.25, 0.3) is 12.2 Å². The molecule has 0 spiro atoms. The number of benzene rings is 1. The summed E-state index contributed by atoms with van der Waals surface area (Å²) in [5, 5.41) is 23.2. The molecule has 0 saturated carbocycles. The van der Waals surface area contributed by atoms with Gasteiger partial charge in [0, 0.05) is 12.1 Å². The van der Waals surface area contributed by atoms with Gasteiger partial charge in [-0.15, -0.1) is 10.2 Å². The van der Waals surface area contributed by atoms with Crippen molar-refractivity contribution in [2.45, 2.75) is 39.2 Å². The molecule has 1 aromatic heterocycles. The Kier molecular flexibility index (Phi) is 8.59. The maximum absolute atomic E-state index is 10.0. The molecule has 0 amide bonds. The molecule has 2 aromatic rings. The van der Waals surface area contributed by atoms with Crippen molar-refractivity contribution >= 4 is 23.5 Å². The zero-order chi connectivity index (χ0) is 17.9. The number of aliphatic hydroxyl groups excluding tert-OH is 1. The first kappa shape index (κ1) is 19.6. The van der Waals surface area contributed by atoms with Gasteiger partial charge >= 0.3 is 0 Å². The molecule has 25 heavy (non-hydrogen) atoms. The van der Waals surface area contributed by atoms with Gasteiger partial charge in [-0.2, -0.15) is 0 Å². The van der Waals surface area contributed by atoms with E-state index >= 15 is 0 Å². The van der Waals surface area contributed by atoms with Crippen LogP contribution in [0.4, 0.5) is 0 Å². The van der Waals surface area contributed by atoms with E-state index in [1.165, 1.54) is 12.8 Å². The van der Waals surface area contributed by atoms with Crippen LogP contribution in [0.2, 0.25) is 0 Å². The molecule has 136 valence electrons. The third-order valence-electron chi connectivity index (χ3n) is 3.63. The summed E-state index contributed by atoms with van der Waals surface area (Å²) in [6.45, 7) is 5.87. The molecule has 2 rings (SSSR count). The first-order chi connectivity index (χ1) is 12.2. The van der Waals surface area contributed by atoms with E-state index in [0.717, 1.165) is 34.3 Å². The Morgan fingerprint density at radius 2 is 2.08 bits per heavy atom. The van der Waals surface area contributed by atoms with Gasteiger partial charge < -0.3 is 15.2 Å². The normalized spacial score (nSPS) is 12.6. The third kappa shape index (κ3) is 7.34. The number of hydrogen-bond donors (Lipinski definition) is 2. The number of rotatable bonds is 11. The van der Waals surface area contributed by atoms with E-state index in [4.69, 9.17) is 4.74 Å². The summed E-state index contributed by atoms with van der Waals surface area (Å²) in [5.74, 6) is 0.755. The average molecular weight is 362 g/mol. The summed E-state index contributed by atoms with van der Waals surface area (Å²) in [5.41, 5.74) is 0.957. The Morgan fingerprint density at radius 3 is 2.84 bits per heavy atom. The van der Waals surface area contributed by atoms with E-state index < -0.39 is 6.10 Å². The number of aromatic nitrogens is 2. The van der Waals surface area contributed by atoms with Gasteiger partial charge in [-0.25, -0.2) is 0 Å². The van der Waals surface area contributed by atoms with Gasteiger partial charge in [0.25, 0.3) is 0 Å². The molecule has 0 aliphatic carbocycles. The second kappa shape index (κ2) is 11.0. The summed E-state index contributed by atoms with van der Waals surface area (Å²) in [6, 6.07) is 7.78. The SMILES string of the molecule is CCCCCNCC(O)COc1ccccc1/C=C/c1nnc(C)s1. The van der Waals surface area contributed by atoms with Crippen molar-refractivity contribution in [2.24, 2.45) is 0 Å². The van der Waals surface area contributed by atoms with E-state index in [2.05, 4.69) is 22.4 Å². The van der Waals surface area contributed by atoms with Gasteiger partial charge in [-0.1, -0.05) is 49.3 Å². The van der Waals surface area contributed by atoms with Crippen LogP contribution in [0.5, 0.6) is 5.75 Å². The Morgan fingerprint density at radius 1 is 1.24 bits per heavy atom. The van der Waals surface area contributed by atoms with E-state index in [-0.39, 0.29) is 6.61 Å². The fourth-order valence-corrected chi connectivity index (χ4v) is 2.91. The van der Waals surface area contributed by atoms with Crippen LogP contribution >= 0.6 is 11.3 Å². The number of unbranched alkanes of at least 4 members (excludes halogenated alkanes) is 2. The molecular formula is C19H27N3O2S. The Hall–Kier alpha value is -1.76. The summed E-state index contributed by atoms with van der Waals surface area (Å²) >= 11 is 1.55. The first-order valence-electron chi connectivity index (χ1n) is 8.78. The second-order valence-electron chi connectivity index (χ2n) is 5.91. The van der Waals surface area contributed by atoms with E-state index in [1.807, 2.05) is 43.3 Å². The fourth-order valence-electron chi connectivity index (χ4n) is 2.30. The Balaban J connectivity index is 1.82. The number of nitrogens with zero attached hydrogens (tertiary/aromatic N) is 2. The minimum Gasteiger partial charge on any atom is -0.490 e. The maximum Gasteiger partial charge on any atom is 0.140 e. The van der Waals surface area contributed by atoms with Gasteiger partial charge in [0.15, 0.2) is 0 Å². The molecule has 0 radical (unpaired) electrons. The van der Waals surface area contributed by atoms with Crippen LogP contribution in [0.1, 0.15) is 41.8 Å². The molecule has 2 N–H and O–H groups in total. The van der Waals surface area contributed by atoms with E-state index in [0.29, 0.717) is 6.54 Å². The molecule has 6 heteroatoms. The standard InChI is InChI=1S/C19H27N3O2S/c1-3-4-7-12-20-13-17(23)14-24-18-9-6-5-8-16(18)10-11-19-22-21-15(2)25-19/h5-6,8-11,17,20,23H,3-4,7,12-14H2,1-2H3/b11-10+. The van der Waals surface area contributed by atoms with Crippen molar-refractivity contribution in [3.63, 3.8) is 0 Å². The Labute approximate surface area is 153 Å². The van der Waals surface area contributed by atoms with Gasteiger partial charge in [0.05, 0.1) is 0 Å². The van der Waals surface area contributed by atoms with Crippen molar-refractivity contribution in [3.05, 3.63) is 39.8 Å². The van der Waals surface area contributed by atoms with Crippen LogP contribution in [0, 0.1) is 6.92 Å². The molecule has 0 aliphatic heterocycles. The highest BCUT2D eigenvalue weighted by molar-refractivity contribution is 7.12. The second-order valence-corrected chi connectivity index (χ2v) is 7.12. The van der Waals surface area contributed by atoms with Crippen molar-refractivity contribution in [1.82, 2.24) is 15.5 Å². The highest BCUT2D eigenvalue weighted by Crippen LogP contribution is 2.21. The quantitative estimate of drug-likeness (QED) is 0.599.